The minimum absolute atomic E-state index is 0.0699. The molecule has 4 rings (SSSR count). The van der Waals surface area contributed by atoms with Gasteiger partial charge < -0.3 is 9.64 Å². The van der Waals surface area contributed by atoms with E-state index in [1.165, 1.54) is 6.33 Å². The minimum Gasteiger partial charge on any atom is -0.457 e. The highest BCUT2D eigenvalue weighted by Crippen LogP contribution is 2.28. The molecule has 0 saturated carbocycles. The van der Waals surface area contributed by atoms with Crippen LogP contribution in [0, 0.1) is 0 Å². The molecule has 0 fully saturated rings. The first-order valence-corrected chi connectivity index (χ1v) is 7.70. The van der Waals surface area contributed by atoms with Crippen LogP contribution in [0.4, 0.5) is 0 Å². The summed E-state index contributed by atoms with van der Waals surface area (Å²) in [5, 5.41) is 0. The monoisotopic (exact) mass is 317 g/mol. The molecule has 2 heterocycles. The minimum atomic E-state index is -0.0699. The molecule has 1 aromatic heterocycles. The topological polar surface area (TPSA) is 55.3 Å². The maximum atomic E-state index is 12.9. The quantitative estimate of drug-likeness (QED) is 0.742. The van der Waals surface area contributed by atoms with Gasteiger partial charge in [-0.1, -0.05) is 30.3 Å². The number of nitrogens with zero attached hydrogens (tertiary/aromatic N) is 3. The van der Waals surface area contributed by atoms with Gasteiger partial charge in [-0.3, -0.25) is 4.79 Å². The highest BCUT2D eigenvalue weighted by Gasteiger charge is 2.27. The summed E-state index contributed by atoms with van der Waals surface area (Å²) in [5.41, 5.74) is 2.44. The summed E-state index contributed by atoms with van der Waals surface area (Å²) in [6.07, 6.45) is 3.28. The number of carbonyl (C=O) groups excluding carboxylic acids is 1. The molecular weight excluding hydrogens is 302 g/mol. The van der Waals surface area contributed by atoms with Gasteiger partial charge in [0.05, 0.1) is 17.8 Å². The van der Waals surface area contributed by atoms with Crippen LogP contribution in [-0.4, -0.2) is 20.8 Å². The molecule has 24 heavy (non-hydrogen) atoms. The van der Waals surface area contributed by atoms with Crippen molar-refractivity contribution in [1.29, 1.82) is 0 Å². The Morgan fingerprint density at radius 1 is 1.00 bits per heavy atom. The molecule has 1 aliphatic rings. The van der Waals surface area contributed by atoms with Crippen LogP contribution in [-0.2, 0) is 13.1 Å². The Labute approximate surface area is 139 Å². The number of hydrogen-bond acceptors (Lipinski definition) is 4. The van der Waals surface area contributed by atoms with Gasteiger partial charge in [-0.05, 0) is 24.3 Å². The highest BCUT2D eigenvalue weighted by atomic mass is 16.5. The Bertz CT molecular complexity index is 856. The lowest BCUT2D eigenvalue weighted by Gasteiger charge is -2.17. The molecule has 0 atom stereocenters. The van der Waals surface area contributed by atoms with Crippen LogP contribution in [0.15, 0.2) is 67.1 Å². The molecule has 1 amide bonds. The molecule has 0 aliphatic carbocycles. The molecule has 0 N–H and O–H groups in total. The fraction of sp³-hybridized carbons (Fsp3) is 0.105. The number of amides is 1. The number of fused-ring (bicyclic) bond motifs is 1. The van der Waals surface area contributed by atoms with Gasteiger partial charge in [0.15, 0.2) is 0 Å². The van der Waals surface area contributed by atoms with Gasteiger partial charge in [0.1, 0.15) is 17.8 Å². The van der Waals surface area contributed by atoms with E-state index in [9.17, 15) is 4.79 Å². The van der Waals surface area contributed by atoms with Crippen molar-refractivity contribution >= 4 is 5.91 Å². The molecule has 2 aromatic carbocycles. The molecule has 0 radical (unpaired) electrons. The molecule has 5 heteroatoms. The Hall–Kier alpha value is -3.21. The average Bonchev–Trinajstić information content (AvgIpc) is 3.07. The maximum absolute atomic E-state index is 12.9. The van der Waals surface area contributed by atoms with E-state index in [2.05, 4.69) is 9.97 Å². The number of hydrogen-bond donors (Lipinski definition) is 0. The Kier molecular flexibility index (Phi) is 3.67. The predicted octanol–water partition coefficient (Wildman–Crippen LogP) is 3.42. The second-order valence-electron chi connectivity index (χ2n) is 5.57. The summed E-state index contributed by atoms with van der Waals surface area (Å²) in [5.74, 6) is 1.18. The van der Waals surface area contributed by atoms with Gasteiger partial charge in [0.2, 0.25) is 0 Å². The molecule has 3 aromatic rings. The van der Waals surface area contributed by atoms with Crippen molar-refractivity contribution < 1.29 is 9.53 Å². The van der Waals surface area contributed by atoms with Gasteiger partial charge in [0, 0.05) is 18.3 Å². The zero-order valence-electron chi connectivity index (χ0n) is 12.9. The SMILES string of the molecule is O=C(c1ccccc1Oc1ccccc1)N1Cc2cncnc2C1. The first-order chi connectivity index (χ1) is 11.8. The number of para-hydroxylation sites is 2. The summed E-state index contributed by atoms with van der Waals surface area (Å²) in [7, 11) is 0. The summed E-state index contributed by atoms with van der Waals surface area (Å²) in [6.45, 7) is 1.02. The molecular formula is C19H15N3O2. The fourth-order valence-corrected chi connectivity index (χ4v) is 2.76. The Morgan fingerprint density at radius 3 is 2.62 bits per heavy atom. The number of benzene rings is 2. The first kappa shape index (κ1) is 14.4. The van der Waals surface area contributed by atoms with Crippen LogP contribution >= 0.6 is 0 Å². The second kappa shape index (κ2) is 6.12. The molecule has 0 unspecified atom stereocenters. The highest BCUT2D eigenvalue weighted by molar-refractivity contribution is 5.97. The molecule has 0 saturated heterocycles. The van der Waals surface area contributed by atoms with Crippen molar-refractivity contribution in [2.75, 3.05) is 0 Å². The third-order valence-electron chi connectivity index (χ3n) is 3.96. The van der Waals surface area contributed by atoms with E-state index >= 15 is 0 Å². The lowest BCUT2D eigenvalue weighted by molar-refractivity contribution is 0.0748. The number of ether oxygens (including phenoxy) is 1. The average molecular weight is 317 g/mol. The van der Waals surface area contributed by atoms with Crippen LogP contribution in [0.2, 0.25) is 0 Å². The van der Waals surface area contributed by atoms with Crippen molar-refractivity contribution in [3.8, 4) is 11.5 Å². The van der Waals surface area contributed by atoms with Crippen LogP contribution in [0.1, 0.15) is 21.6 Å². The summed E-state index contributed by atoms with van der Waals surface area (Å²) in [6, 6.07) is 16.7. The van der Waals surface area contributed by atoms with Gasteiger partial charge >= 0.3 is 0 Å². The zero-order valence-corrected chi connectivity index (χ0v) is 12.9. The first-order valence-electron chi connectivity index (χ1n) is 7.70. The fourth-order valence-electron chi connectivity index (χ4n) is 2.76. The van der Waals surface area contributed by atoms with Crippen molar-refractivity contribution in [2.24, 2.45) is 0 Å². The van der Waals surface area contributed by atoms with E-state index in [0.29, 0.717) is 30.2 Å². The molecule has 5 nitrogen and oxygen atoms in total. The van der Waals surface area contributed by atoms with Crippen molar-refractivity contribution in [1.82, 2.24) is 14.9 Å². The van der Waals surface area contributed by atoms with E-state index in [1.54, 1.807) is 17.2 Å². The third kappa shape index (κ3) is 2.72. The lowest BCUT2D eigenvalue weighted by Crippen LogP contribution is -2.25. The van der Waals surface area contributed by atoms with Gasteiger partial charge in [0.25, 0.3) is 5.91 Å². The standard InChI is InChI=1S/C19H15N3O2/c23-19(22-11-14-10-20-13-21-17(14)12-22)16-8-4-5-9-18(16)24-15-6-2-1-3-7-15/h1-10,13H,11-12H2. The molecule has 118 valence electrons. The molecule has 0 spiro atoms. The van der Waals surface area contributed by atoms with E-state index in [-0.39, 0.29) is 5.91 Å². The summed E-state index contributed by atoms with van der Waals surface area (Å²) in [4.78, 5) is 22.9. The molecule has 1 aliphatic heterocycles. The molecule has 0 bridgehead atoms. The second-order valence-corrected chi connectivity index (χ2v) is 5.57. The normalized spacial score (nSPS) is 12.8. The van der Waals surface area contributed by atoms with Gasteiger partial charge in [-0.25, -0.2) is 9.97 Å². The van der Waals surface area contributed by atoms with Crippen molar-refractivity contribution in [3.63, 3.8) is 0 Å². The van der Waals surface area contributed by atoms with E-state index in [0.717, 1.165) is 11.3 Å². The van der Waals surface area contributed by atoms with Crippen LogP contribution in [0.25, 0.3) is 0 Å². The van der Waals surface area contributed by atoms with E-state index < -0.39 is 0 Å². The maximum Gasteiger partial charge on any atom is 0.258 e. The van der Waals surface area contributed by atoms with Gasteiger partial charge in [-0.2, -0.15) is 0 Å². The van der Waals surface area contributed by atoms with Crippen LogP contribution in [0.3, 0.4) is 0 Å². The van der Waals surface area contributed by atoms with E-state index in [4.69, 9.17) is 4.74 Å². The Balaban J connectivity index is 1.60. The largest absolute Gasteiger partial charge is 0.457 e. The van der Waals surface area contributed by atoms with E-state index in [1.807, 2.05) is 48.5 Å². The predicted molar refractivity (Wildman–Crippen MR) is 88.6 cm³/mol. The Morgan fingerprint density at radius 2 is 1.79 bits per heavy atom. The smallest absolute Gasteiger partial charge is 0.258 e. The number of aromatic nitrogens is 2. The van der Waals surface area contributed by atoms with Gasteiger partial charge in [-0.15, -0.1) is 0 Å². The number of rotatable bonds is 3. The van der Waals surface area contributed by atoms with Crippen LogP contribution in [0.5, 0.6) is 11.5 Å². The lowest BCUT2D eigenvalue weighted by atomic mass is 10.1. The third-order valence-corrected chi connectivity index (χ3v) is 3.96. The van der Waals surface area contributed by atoms with Crippen molar-refractivity contribution in [2.45, 2.75) is 13.1 Å². The van der Waals surface area contributed by atoms with Crippen molar-refractivity contribution in [3.05, 3.63) is 83.9 Å². The van der Waals surface area contributed by atoms with Crippen LogP contribution < -0.4 is 4.74 Å². The summed E-state index contributed by atoms with van der Waals surface area (Å²) < 4.78 is 5.89. The number of carbonyl (C=O) groups is 1. The zero-order chi connectivity index (χ0) is 16.4. The summed E-state index contributed by atoms with van der Waals surface area (Å²) >= 11 is 0.